The van der Waals surface area contributed by atoms with Crippen molar-refractivity contribution in [1.82, 2.24) is 0 Å². The van der Waals surface area contributed by atoms with E-state index in [2.05, 4.69) is 5.32 Å². The van der Waals surface area contributed by atoms with Gasteiger partial charge in [0.1, 0.15) is 6.54 Å². The number of benzene rings is 2. The topological polar surface area (TPSA) is 95.1 Å². The third-order valence-electron chi connectivity index (χ3n) is 3.76. The summed E-state index contributed by atoms with van der Waals surface area (Å²) in [5, 5.41) is 13.5. The number of likely N-dealkylation sites (N-methyl/N-ethyl adjacent to an activating group) is 1. The second-order valence-electron chi connectivity index (χ2n) is 5.86. The lowest BCUT2D eigenvalue weighted by molar-refractivity contribution is -0.885. The molecular weight excluding hydrogens is 338 g/mol. The highest BCUT2D eigenvalue weighted by atomic mass is 16.6. The van der Waals surface area contributed by atoms with Gasteiger partial charge in [0.25, 0.3) is 11.6 Å². The number of quaternary nitrogens is 1. The first-order valence-electron chi connectivity index (χ1n) is 7.99. The number of ether oxygens (including phenoxy) is 2. The number of anilines is 1. The van der Waals surface area contributed by atoms with Crippen LogP contribution in [0.15, 0.2) is 42.5 Å². The smallest absolute Gasteiger partial charge is 0.279 e. The van der Waals surface area contributed by atoms with Crippen molar-refractivity contribution in [2.24, 2.45) is 0 Å². The fraction of sp³-hybridized carbons (Fsp3) is 0.278. The molecule has 1 amide bonds. The van der Waals surface area contributed by atoms with Crippen molar-refractivity contribution in [2.45, 2.75) is 6.54 Å². The molecule has 0 heterocycles. The van der Waals surface area contributed by atoms with Crippen LogP contribution in [0.1, 0.15) is 5.56 Å². The zero-order valence-electron chi connectivity index (χ0n) is 14.9. The van der Waals surface area contributed by atoms with Gasteiger partial charge in [-0.25, -0.2) is 0 Å². The molecule has 0 spiro atoms. The van der Waals surface area contributed by atoms with Gasteiger partial charge in [-0.3, -0.25) is 14.9 Å². The highest BCUT2D eigenvalue weighted by molar-refractivity contribution is 5.91. The van der Waals surface area contributed by atoms with Crippen LogP contribution in [0.25, 0.3) is 0 Å². The Hall–Kier alpha value is -3.13. The monoisotopic (exact) mass is 360 g/mol. The van der Waals surface area contributed by atoms with Gasteiger partial charge in [0.05, 0.1) is 26.2 Å². The first-order valence-corrected chi connectivity index (χ1v) is 7.99. The minimum Gasteiger partial charge on any atom is -0.493 e. The zero-order chi connectivity index (χ0) is 19.1. The molecule has 0 saturated carbocycles. The van der Waals surface area contributed by atoms with Crippen LogP contribution in [-0.2, 0) is 11.3 Å². The number of nitro benzene ring substituents is 1. The maximum Gasteiger partial charge on any atom is 0.279 e. The molecule has 1 unspecified atom stereocenters. The van der Waals surface area contributed by atoms with Crippen LogP contribution in [0.5, 0.6) is 11.5 Å². The number of hydrogen-bond acceptors (Lipinski definition) is 5. The number of hydrogen-bond donors (Lipinski definition) is 2. The van der Waals surface area contributed by atoms with Gasteiger partial charge in [-0.15, -0.1) is 0 Å². The molecule has 26 heavy (non-hydrogen) atoms. The minimum atomic E-state index is -0.496. The summed E-state index contributed by atoms with van der Waals surface area (Å²) >= 11 is 0. The van der Waals surface area contributed by atoms with E-state index in [1.54, 1.807) is 20.3 Å². The van der Waals surface area contributed by atoms with Gasteiger partial charge in [-0.05, 0) is 24.3 Å². The van der Waals surface area contributed by atoms with Gasteiger partial charge in [0.2, 0.25) is 0 Å². The number of nitro groups is 1. The van der Waals surface area contributed by atoms with E-state index in [0.29, 0.717) is 23.7 Å². The van der Waals surface area contributed by atoms with Crippen molar-refractivity contribution < 1.29 is 24.1 Å². The van der Waals surface area contributed by atoms with E-state index >= 15 is 0 Å². The normalized spacial score (nSPS) is 11.5. The zero-order valence-corrected chi connectivity index (χ0v) is 14.9. The van der Waals surface area contributed by atoms with E-state index in [1.165, 1.54) is 18.2 Å². The Bertz CT molecular complexity index is 794. The molecule has 2 rings (SSSR count). The largest absolute Gasteiger partial charge is 0.493 e. The highest BCUT2D eigenvalue weighted by Crippen LogP contribution is 2.27. The molecule has 0 aliphatic carbocycles. The number of nitrogens with zero attached hydrogens (tertiary/aromatic N) is 1. The first-order chi connectivity index (χ1) is 12.4. The van der Waals surface area contributed by atoms with Crippen LogP contribution in [0.4, 0.5) is 11.4 Å². The van der Waals surface area contributed by atoms with E-state index in [9.17, 15) is 14.9 Å². The Balaban J connectivity index is 1.95. The summed E-state index contributed by atoms with van der Waals surface area (Å²) in [6, 6.07) is 11.5. The molecule has 0 aliphatic rings. The van der Waals surface area contributed by atoms with Crippen molar-refractivity contribution in [3.05, 3.63) is 58.1 Å². The lowest BCUT2D eigenvalue weighted by atomic mass is 10.2. The van der Waals surface area contributed by atoms with Crippen LogP contribution in [0.2, 0.25) is 0 Å². The van der Waals surface area contributed by atoms with Gasteiger partial charge in [-0.2, -0.15) is 0 Å². The maximum atomic E-state index is 12.2. The fourth-order valence-corrected chi connectivity index (χ4v) is 2.58. The van der Waals surface area contributed by atoms with Crippen molar-refractivity contribution >= 4 is 17.3 Å². The average molecular weight is 360 g/mol. The number of carbonyl (C=O) groups is 1. The van der Waals surface area contributed by atoms with E-state index in [1.807, 2.05) is 25.2 Å². The van der Waals surface area contributed by atoms with E-state index in [4.69, 9.17) is 9.47 Å². The number of amides is 1. The number of carbonyl (C=O) groups excluding carboxylic acids is 1. The summed E-state index contributed by atoms with van der Waals surface area (Å²) < 4.78 is 10.5. The molecule has 138 valence electrons. The Kier molecular flexibility index (Phi) is 6.51. The summed E-state index contributed by atoms with van der Waals surface area (Å²) in [6.45, 7) is 0.833. The maximum absolute atomic E-state index is 12.2. The van der Waals surface area contributed by atoms with Crippen molar-refractivity contribution in [3.8, 4) is 11.5 Å². The Morgan fingerprint density at radius 2 is 1.88 bits per heavy atom. The average Bonchev–Trinajstić information content (AvgIpc) is 2.61. The number of rotatable bonds is 8. The predicted octanol–water partition coefficient (Wildman–Crippen LogP) is 1.27. The summed E-state index contributed by atoms with van der Waals surface area (Å²) in [7, 11) is 5.04. The molecule has 0 bridgehead atoms. The molecule has 0 aromatic heterocycles. The highest BCUT2D eigenvalue weighted by Gasteiger charge is 2.14. The molecule has 8 nitrogen and oxygen atoms in total. The summed E-state index contributed by atoms with van der Waals surface area (Å²) in [5.41, 5.74) is 1.35. The Morgan fingerprint density at radius 1 is 1.15 bits per heavy atom. The summed E-state index contributed by atoms with van der Waals surface area (Å²) in [5.74, 6) is 1.07. The van der Waals surface area contributed by atoms with Crippen molar-refractivity contribution in [3.63, 3.8) is 0 Å². The summed E-state index contributed by atoms with van der Waals surface area (Å²) in [4.78, 5) is 23.4. The third-order valence-corrected chi connectivity index (χ3v) is 3.76. The van der Waals surface area contributed by atoms with Crippen LogP contribution < -0.4 is 19.7 Å². The number of nitrogens with one attached hydrogen (secondary N) is 2. The van der Waals surface area contributed by atoms with Gasteiger partial charge >= 0.3 is 0 Å². The molecule has 2 aromatic carbocycles. The molecule has 2 aromatic rings. The molecule has 1 atom stereocenters. The van der Waals surface area contributed by atoms with Crippen LogP contribution in [0.3, 0.4) is 0 Å². The van der Waals surface area contributed by atoms with Gasteiger partial charge < -0.3 is 19.7 Å². The van der Waals surface area contributed by atoms with Crippen LogP contribution in [0, 0.1) is 10.1 Å². The molecule has 8 heteroatoms. The molecule has 0 aliphatic heterocycles. The number of methoxy groups -OCH3 is 2. The SMILES string of the molecule is COc1ccc(C[NH+](C)CC(=O)Nc2cccc([N+](=O)[O-])c2)cc1OC. The Labute approximate surface area is 151 Å². The van der Waals surface area contributed by atoms with Crippen molar-refractivity contribution in [1.29, 1.82) is 0 Å². The number of non-ortho nitro benzene ring substituents is 1. The molecule has 0 radical (unpaired) electrons. The van der Waals surface area contributed by atoms with Gasteiger partial charge in [0.15, 0.2) is 18.0 Å². The van der Waals surface area contributed by atoms with E-state index < -0.39 is 4.92 Å². The Morgan fingerprint density at radius 3 is 2.54 bits per heavy atom. The van der Waals surface area contributed by atoms with E-state index in [0.717, 1.165) is 10.5 Å². The summed E-state index contributed by atoms with van der Waals surface area (Å²) in [6.07, 6.45) is 0. The molecule has 0 saturated heterocycles. The van der Waals surface area contributed by atoms with Crippen LogP contribution >= 0.6 is 0 Å². The second kappa shape index (κ2) is 8.82. The molecule has 2 N–H and O–H groups in total. The van der Waals surface area contributed by atoms with E-state index in [-0.39, 0.29) is 18.1 Å². The lowest BCUT2D eigenvalue weighted by Crippen LogP contribution is -3.08. The van der Waals surface area contributed by atoms with Crippen molar-refractivity contribution in [2.75, 3.05) is 33.1 Å². The van der Waals surface area contributed by atoms with Crippen LogP contribution in [-0.4, -0.2) is 38.6 Å². The van der Waals surface area contributed by atoms with Gasteiger partial charge in [-0.1, -0.05) is 6.07 Å². The third kappa shape index (κ3) is 5.18. The molecule has 0 fully saturated rings. The minimum absolute atomic E-state index is 0.0613. The first kappa shape index (κ1) is 19.2. The second-order valence-corrected chi connectivity index (χ2v) is 5.86. The predicted molar refractivity (Wildman–Crippen MR) is 96.7 cm³/mol. The standard InChI is InChI=1S/C18H21N3O5/c1-20(11-13-7-8-16(25-2)17(9-13)26-3)12-18(22)19-14-5-4-6-15(10-14)21(23)24/h4-10H,11-12H2,1-3H3,(H,19,22)/p+1. The molecular formula is C18H22N3O5+. The fourth-order valence-electron chi connectivity index (χ4n) is 2.58. The quantitative estimate of drug-likeness (QED) is 0.546. The van der Waals surface area contributed by atoms with Gasteiger partial charge in [0, 0.05) is 23.4 Å². The lowest BCUT2D eigenvalue weighted by Gasteiger charge is -2.15.